The van der Waals surface area contributed by atoms with Crippen molar-refractivity contribution in [1.82, 2.24) is 10.2 Å². The fourth-order valence-electron chi connectivity index (χ4n) is 2.82. The van der Waals surface area contributed by atoms with Gasteiger partial charge in [-0.15, -0.1) is 0 Å². The first-order valence-electron chi connectivity index (χ1n) is 10.0. The summed E-state index contributed by atoms with van der Waals surface area (Å²) in [6, 6.07) is 9.50. The lowest BCUT2D eigenvalue weighted by molar-refractivity contribution is -0.142. The van der Waals surface area contributed by atoms with E-state index in [9.17, 15) is 9.59 Å². The van der Waals surface area contributed by atoms with Crippen LogP contribution in [0.25, 0.3) is 0 Å². The van der Waals surface area contributed by atoms with Gasteiger partial charge in [0.1, 0.15) is 11.8 Å². The maximum Gasteiger partial charge on any atom is 0.261 e. The zero-order chi connectivity index (χ0) is 23.1. The molecule has 168 valence electrons. The zero-order valence-electron chi connectivity index (χ0n) is 18.0. The monoisotopic (exact) mass is 484 g/mol. The second-order valence-corrected chi connectivity index (χ2v) is 8.70. The van der Waals surface area contributed by atoms with E-state index < -0.39 is 6.04 Å². The van der Waals surface area contributed by atoms with Gasteiger partial charge in [0.25, 0.3) is 5.91 Å². The van der Waals surface area contributed by atoms with E-state index in [1.807, 2.05) is 20.8 Å². The average Bonchev–Trinajstić information content (AvgIpc) is 2.73. The van der Waals surface area contributed by atoms with Crippen molar-refractivity contribution in [2.24, 2.45) is 0 Å². The number of carbonyl (C=O) groups is 2. The van der Waals surface area contributed by atoms with Gasteiger partial charge in [-0.2, -0.15) is 0 Å². The van der Waals surface area contributed by atoms with Gasteiger partial charge in [0, 0.05) is 27.7 Å². The molecule has 2 atom stereocenters. The van der Waals surface area contributed by atoms with Gasteiger partial charge in [0.15, 0.2) is 6.61 Å². The number of nitrogens with one attached hydrogen (secondary N) is 1. The Morgan fingerprint density at radius 2 is 1.77 bits per heavy atom. The second-order valence-electron chi connectivity index (χ2n) is 7.45. The fraction of sp³-hybridized carbons (Fsp3) is 0.391. The summed E-state index contributed by atoms with van der Waals surface area (Å²) in [5.74, 6) is -0.0584. The summed E-state index contributed by atoms with van der Waals surface area (Å²) >= 11 is 18.3. The number of benzene rings is 2. The minimum atomic E-state index is -0.719. The molecule has 8 heteroatoms. The van der Waals surface area contributed by atoms with Crippen molar-refractivity contribution >= 4 is 46.6 Å². The Labute approximate surface area is 198 Å². The van der Waals surface area contributed by atoms with Crippen LogP contribution in [0.5, 0.6) is 5.75 Å². The molecule has 0 bridgehead atoms. The Morgan fingerprint density at radius 3 is 2.39 bits per heavy atom. The van der Waals surface area contributed by atoms with Crippen LogP contribution in [-0.4, -0.2) is 35.4 Å². The molecule has 0 fully saturated rings. The summed E-state index contributed by atoms with van der Waals surface area (Å²) in [5, 5.41) is 4.46. The van der Waals surface area contributed by atoms with Gasteiger partial charge in [0.05, 0.1) is 0 Å². The van der Waals surface area contributed by atoms with Crippen LogP contribution in [0.1, 0.15) is 38.3 Å². The van der Waals surface area contributed by atoms with Crippen molar-refractivity contribution in [3.05, 3.63) is 62.6 Å². The fourth-order valence-corrected chi connectivity index (χ4v) is 3.40. The average molecular weight is 486 g/mol. The van der Waals surface area contributed by atoms with Crippen LogP contribution in [0.2, 0.25) is 15.1 Å². The number of hydrogen-bond donors (Lipinski definition) is 1. The standard InChI is InChI=1S/C23H27Cl3N2O3/c1-5-15(3)27-23(30)16(4)28(12-17-6-7-18(24)11-21(17)26)22(29)13-31-19-8-9-20(25)14(2)10-19/h6-11,15-16H,5,12-13H2,1-4H3,(H,27,30)/t15-,16+/m0/s1. The zero-order valence-corrected chi connectivity index (χ0v) is 20.3. The molecule has 2 aromatic carbocycles. The molecule has 0 aliphatic rings. The van der Waals surface area contributed by atoms with E-state index in [1.165, 1.54) is 4.90 Å². The van der Waals surface area contributed by atoms with E-state index in [4.69, 9.17) is 39.5 Å². The molecule has 0 aliphatic carbocycles. The molecule has 2 rings (SSSR count). The topological polar surface area (TPSA) is 58.6 Å². The molecular formula is C23H27Cl3N2O3. The Kier molecular flexibility index (Phi) is 9.48. The van der Waals surface area contributed by atoms with E-state index in [0.717, 1.165) is 12.0 Å². The Morgan fingerprint density at radius 1 is 1.06 bits per heavy atom. The lowest BCUT2D eigenvalue weighted by Crippen LogP contribution is -2.50. The van der Waals surface area contributed by atoms with E-state index in [1.54, 1.807) is 43.3 Å². The number of nitrogens with zero attached hydrogens (tertiary/aromatic N) is 1. The third-order valence-corrected chi connectivity index (χ3v) is 6.03. The van der Waals surface area contributed by atoms with Crippen LogP contribution in [0.4, 0.5) is 0 Å². The van der Waals surface area contributed by atoms with Crippen LogP contribution in [0.15, 0.2) is 36.4 Å². The highest BCUT2D eigenvalue weighted by atomic mass is 35.5. The molecule has 0 aromatic heterocycles. The SMILES string of the molecule is CC[C@H](C)NC(=O)[C@@H](C)N(Cc1ccc(Cl)cc1Cl)C(=O)COc1ccc(Cl)c(C)c1. The third-order valence-electron chi connectivity index (χ3n) is 5.02. The van der Waals surface area contributed by atoms with Crippen LogP contribution >= 0.6 is 34.8 Å². The second kappa shape index (κ2) is 11.6. The van der Waals surface area contributed by atoms with Crippen LogP contribution in [0.3, 0.4) is 0 Å². The highest BCUT2D eigenvalue weighted by Crippen LogP contribution is 2.24. The molecule has 31 heavy (non-hydrogen) atoms. The minimum absolute atomic E-state index is 0.000635. The summed E-state index contributed by atoms with van der Waals surface area (Å²) in [5.41, 5.74) is 1.53. The Hall–Kier alpha value is -1.95. The molecular weight excluding hydrogens is 459 g/mol. The molecule has 1 N–H and O–H groups in total. The van der Waals surface area contributed by atoms with Gasteiger partial charge in [-0.1, -0.05) is 47.8 Å². The first kappa shape index (κ1) is 25.3. The van der Waals surface area contributed by atoms with E-state index in [0.29, 0.717) is 26.4 Å². The van der Waals surface area contributed by atoms with Gasteiger partial charge in [0.2, 0.25) is 5.91 Å². The molecule has 0 saturated carbocycles. The normalized spacial score (nSPS) is 12.7. The Balaban J connectivity index is 2.21. The quantitative estimate of drug-likeness (QED) is 0.498. The van der Waals surface area contributed by atoms with Crippen LogP contribution < -0.4 is 10.1 Å². The number of ether oxygens (including phenoxy) is 1. The Bertz CT molecular complexity index is 936. The third kappa shape index (κ3) is 7.30. The summed E-state index contributed by atoms with van der Waals surface area (Å²) < 4.78 is 5.67. The number of amides is 2. The summed E-state index contributed by atoms with van der Waals surface area (Å²) in [4.78, 5) is 27.3. The predicted octanol–water partition coefficient (Wildman–Crippen LogP) is 5.67. The highest BCUT2D eigenvalue weighted by Gasteiger charge is 2.27. The van der Waals surface area contributed by atoms with E-state index in [2.05, 4.69) is 5.32 Å². The first-order valence-corrected chi connectivity index (χ1v) is 11.2. The highest BCUT2D eigenvalue weighted by molar-refractivity contribution is 6.35. The van der Waals surface area contributed by atoms with E-state index in [-0.39, 0.29) is 31.0 Å². The summed E-state index contributed by atoms with van der Waals surface area (Å²) in [7, 11) is 0. The first-order chi connectivity index (χ1) is 14.6. The summed E-state index contributed by atoms with van der Waals surface area (Å²) in [6.45, 7) is 7.35. The van der Waals surface area contributed by atoms with Crippen LogP contribution in [-0.2, 0) is 16.1 Å². The van der Waals surface area contributed by atoms with Crippen molar-refractivity contribution in [2.45, 2.75) is 52.7 Å². The lowest BCUT2D eigenvalue weighted by Gasteiger charge is -2.30. The smallest absolute Gasteiger partial charge is 0.261 e. The van der Waals surface area contributed by atoms with E-state index >= 15 is 0 Å². The van der Waals surface area contributed by atoms with Gasteiger partial charge < -0.3 is 15.0 Å². The largest absolute Gasteiger partial charge is 0.484 e. The van der Waals surface area contributed by atoms with Gasteiger partial charge >= 0.3 is 0 Å². The molecule has 2 aromatic rings. The van der Waals surface area contributed by atoms with Gasteiger partial charge in [-0.05, 0) is 68.7 Å². The minimum Gasteiger partial charge on any atom is -0.484 e. The van der Waals surface area contributed by atoms with Crippen molar-refractivity contribution in [3.8, 4) is 5.75 Å². The number of halogens is 3. The van der Waals surface area contributed by atoms with Gasteiger partial charge in [-0.3, -0.25) is 9.59 Å². The van der Waals surface area contributed by atoms with Gasteiger partial charge in [-0.25, -0.2) is 0 Å². The number of hydrogen-bond acceptors (Lipinski definition) is 3. The van der Waals surface area contributed by atoms with Crippen molar-refractivity contribution in [1.29, 1.82) is 0 Å². The lowest BCUT2D eigenvalue weighted by atomic mass is 10.1. The maximum atomic E-state index is 13.1. The van der Waals surface area contributed by atoms with Crippen molar-refractivity contribution in [3.63, 3.8) is 0 Å². The molecule has 2 amide bonds. The summed E-state index contributed by atoms with van der Waals surface area (Å²) in [6.07, 6.45) is 0.786. The van der Waals surface area contributed by atoms with Crippen molar-refractivity contribution < 1.29 is 14.3 Å². The maximum absolute atomic E-state index is 13.1. The molecule has 0 unspecified atom stereocenters. The number of aryl methyl sites for hydroxylation is 1. The number of rotatable bonds is 9. The number of carbonyl (C=O) groups excluding carboxylic acids is 2. The predicted molar refractivity (Wildman–Crippen MR) is 126 cm³/mol. The molecule has 0 radical (unpaired) electrons. The molecule has 0 spiro atoms. The molecule has 5 nitrogen and oxygen atoms in total. The molecule has 0 aliphatic heterocycles. The van der Waals surface area contributed by atoms with Crippen LogP contribution in [0, 0.1) is 6.92 Å². The molecule has 0 saturated heterocycles. The van der Waals surface area contributed by atoms with Crippen molar-refractivity contribution in [2.75, 3.05) is 6.61 Å². The molecule has 0 heterocycles.